The first-order valence-electron chi connectivity index (χ1n) is 5.20. The number of aromatic nitrogens is 4. The van der Waals surface area contributed by atoms with E-state index in [1.165, 1.54) is 6.07 Å². The van der Waals surface area contributed by atoms with Crippen molar-refractivity contribution in [2.75, 3.05) is 0 Å². The molecule has 0 saturated carbocycles. The van der Waals surface area contributed by atoms with Gasteiger partial charge in [0.1, 0.15) is 0 Å². The van der Waals surface area contributed by atoms with Crippen LogP contribution >= 0.6 is 0 Å². The smallest absolute Gasteiger partial charge is 0.325 e. The minimum absolute atomic E-state index is 0.0585. The molecule has 0 aromatic carbocycles. The molecule has 94 valence electrons. The lowest BCUT2D eigenvalue weighted by Gasteiger charge is -2.03. The van der Waals surface area contributed by atoms with E-state index in [-0.39, 0.29) is 18.0 Å². The molecule has 18 heavy (non-hydrogen) atoms. The summed E-state index contributed by atoms with van der Waals surface area (Å²) < 4.78 is 0. The van der Waals surface area contributed by atoms with Crippen LogP contribution in [-0.4, -0.2) is 26.1 Å². The first kappa shape index (κ1) is 11.8. The van der Waals surface area contributed by atoms with E-state index in [1.807, 2.05) is 4.98 Å². The number of carbonyl (C=O) groups excluding carboxylic acids is 1. The number of carbonyl (C=O) groups is 1. The molecule has 2 heterocycles. The van der Waals surface area contributed by atoms with Gasteiger partial charge in [0.15, 0.2) is 0 Å². The third-order valence-electron chi connectivity index (χ3n) is 2.21. The van der Waals surface area contributed by atoms with Crippen molar-refractivity contribution in [3.8, 4) is 0 Å². The number of amides is 1. The van der Waals surface area contributed by atoms with Crippen LogP contribution in [0.5, 0.6) is 0 Å². The normalized spacial score (nSPS) is 10.2. The Morgan fingerprint density at radius 3 is 2.83 bits per heavy atom. The van der Waals surface area contributed by atoms with Crippen molar-refractivity contribution in [3.05, 3.63) is 50.6 Å². The van der Waals surface area contributed by atoms with Crippen LogP contribution < -0.4 is 16.6 Å². The summed E-state index contributed by atoms with van der Waals surface area (Å²) >= 11 is 0. The van der Waals surface area contributed by atoms with Gasteiger partial charge in [-0.3, -0.25) is 19.7 Å². The first-order chi connectivity index (χ1) is 8.63. The highest BCUT2D eigenvalue weighted by atomic mass is 16.2. The monoisotopic (exact) mass is 249 g/mol. The van der Waals surface area contributed by atoms with Gasteiger partial charge in [-0.15, -0.1) is 0 Å². The SMILES string of the molecule is O=C(Cc1cc(=O)[nH]c(=O)[nH]1)NCc1cn[nH]c1. The maximum atomic E-state index is 11.6. The largest absolute Gasteiger partial charge is 0.352 e. The molecule has 2 rings (SSSR count). The molecule has 0 fully saturated rings. The van der Waals surface area contributed by atoms with Gasteiger partial charge in [0, 0.05) is 30.1 Å². The highest BCUT2D eigenvalue weighted by Gasteiger charge is 2.05. The van der Waals surface area contributed by atoms with E-state index in [0.717, 1.165) is 5.56 Å². The summed E-state index contributed by atoms with van der Waals surface area (Å²) in [6.45, 7) is 0.336. The van der Waals surface area contributed by atoms with Crippen LogP contribution in [0, 0.1) is 0 Å². The summed E-state index contributed by atoms with van der Waals surface area (Å²) in [4.78, 5) is 38.0. The molecule has 0 aliphatic heterocycles. The molecule has 0 spiro atoms. The second kappa shape index (κ2) is 5.13. The first-order valence-corrected chi connectivity index (χ1v) is 5.20. The minimum atomic E-state index is -0.625. The Hall–Kier alpha value is -2.64. The Labute approximate surface area is 100 Å². The Morgan fingerprint density at radius 1 is 1.33 bits per heavy atom. The highest BCUT2D eigenvalue weighted by molar-refractivity contribution is 5.77. The summed E-state index contributed by atoms with van der Waals surface area (Å²) in [5.41, 5.74) is -0.0484. The third-order valence-corrected chi connectivity index (χ3v) is 2.21. The standard InChI is InChI=1S/C10H11N5O3/c16-8(11-3-6-4-12-13-5-6)1-7-2-9(17)15-10(18)14-7/h2,4-5H,1,3H2,(H,11,16)(H,12,13)(H2,14,15,17,18). The van der Waals surface area contributed by atoms with Crippen molar-refractivity contribution in [2.24, 2.45) is 0 Å². The van der Waals surface area contributed by atoms with Crippen LogP contribution in [0.4, 0.5) is 0 Å². The van der Waals surface area contributed by atoms with Crippen molar-refractivity contribution < 1.29 is 4.79 Å². The van der Waals surface area contributed by atoms with Crippen molar-refractivity contribution in [1.82, 2.24) is 25.5 Å². The van der Waals surface area contributed by atoms with E-state index in [0.29, 0.717) is 6.54 Å². The summed E-state index contributed by atoms with van der Waals surface area (Å²) in [6, 6.07) is 1.18. The number of nitrogens with zero attached hydrogens (tertiary/aromatic N) is 1. The topological polar surface area (TPSA) is 124 Å². The highest BCUT2D eigenvalue weighted by Crippen LogP contribution is 1.93. The second-order valence-electron chi connectivity index (χ2n) is 3.67. The van der Waals surface area contributed by atoms with Gasteiger partial charge in [-0.25, -0.2) is 4.79 Å². The molecule has 0 saturated heterocycles. The van der Waals surface area contributed by atoms with Crippen LogP contribution in [0.25, 0.3) is 0 Å². The molecular formula is C10H11N5O3. The third kappa shape index (κ3) is 3.17. The van der Waals surface area contributed by atoms with E-state index < -0.39 is 11.2 Å². The number of hydrogen-bond donors (Lipinski definition) is 4. The van der Waals surface area contributed by atoms with Gasteiger partial charge in [0.2, 0.25) is 5.91 Å². The Bertz CT molecular complexity index is 612. The maximum Gasteiger partial charge on any atom is 0.325 e. The summed E-state index contributed by atoms with van der Waals surface area (Å²) in [5.74, 6) is -0.294. The predicted molar refractivity (Wildman–Crippen MR) is 61.8 cm³/mol. The van der Waals surface area contributed by atoms with Gasteiger partial charge in [0.05, 0.1) is 12.6 Å². The van der Waals surface area contributed by atoms with Crippen molar-refractivity contribution in [1.29, 1.82) is 0 Å². The molecule has 1 amide bonds. The van der Waals surface area contributed by atoms with Crippen molar-refractivity contribution in [3.63, 3.8) is 0 Å². The Balaban J connectivity index is 1.94. The minimum Gasteiger partial charge on any atom is -0.352 e. The number of aromatic amines is 3. The Kier molecular flexibility index (Phi) is 3.37. The van der Waals surface area contributed by atoms with Crippen LogP contribution in [0.15, 0.2) is 28.0 Å². The van der Waals surface area contributed by atoms with Gasteiger partial charge in [0.25, 0.3) is 5.56 Å². The van der Waals surface area contributed by atoms with Gasteiger partial charge >= 0.3 is 5.69 Å². The van der Waals surface area contributed by atoms with Gasteiger partial charge in [-0.2, -0.15) is 5.10 Å². The number of hydrogen-bond acceptors (Lipinski definition) is 4. The molecule has 2 aromatic rings. The van der Waals surface area contributed by atoms with Gasteiger partial charge < -0.3 is 10.3 Å². The van der Waals surface area contributed by atoms with Crippen LogP contribution in [0.2, 0.25) is 0 Å². The molecule has 0 bridgehead atoms. The average Bonchev–Trinajstić information content (AvgIpc) is 2.77. The molecule has 8 nitrogen and oxygen atoms in total. The molecular weight excluding hydrogens is 238 g/mol. The molecule has 0 unspecified atom stereocenters. The lowest BCUT2D eigenvalue weighted by molar-refractivity contribution is -0.120. The van der Waals surface area contributed by atoms with E-state index in [9.17, 15) is 14.4 Å². The summed E-state index contributed by atoms with van der Waals surface area (Å²) in [7, 11) is 0. The summed E-state index contributed by atoms with van der Waals surface area (Å²) in [6.07, 6.45) is 3.20. The maximum absolute atomic E-state index is 11.6. The molecule has 2 aromatic heterocycles. The lowest BCUT2D eigenvalue weighted by Crippen LogP contribution is -2.28. The zero-order valence-electron chi connectivity index (χ0n) is 9.32. The van der Waals surface area contributed by atoms with Gasteiger partial charge in [-0.05, 0) is 0 Å². The molecule has 4 N–H and O–H groups in total. The van der Waals surface area contributed by atoms with E-state index in [4.69, 9.17) is 0 Å². The molecule has 0 atom stereocenters. The molecule has 0 radical (unpaired) electrons. The van der Waals surface area contributed by atoms with Gasteiger partial charge in [-0.1, -0.05) is 0 Å². The zero-order valence-corrected chi connectivity index (χ0v) is 9.32. The fraction of sp³-hybridized carbons (Fsp3) is 0.200. The van der Waals surface area contributed by atoms with Crippen LogP contribution in [0.1, 0.15) is 11.3 Å². The van der Waals surface area contributed by atoms with Crippen molar-refractivity contribution in [2.45, 2.75) is 13.0 Å². The second-order valence-corrected chi connectivity index (χ2v) is 3.67. The zero-order chi connectivity index (χ0) is 13.0. The van der Waals surface area contributed by atoms with Crippen molar-refractivity contribution >= 4 is 5.91 Å². The Morgan fingerprint density at radius 2 is 2.17 bits per heavy atom. The summed E-state index contributed by atoms with van der Waals surface area (Å²) in [5, 5.41) is 9.00. The average molecular weight is 249 g/mol. The van der Waals surface area contributed by atoms with E-state index in [1.54, 1.807) is 12.4 Å². The number of H-pyrrole nitrogens is 3. The van der Waals surface area contributed by atoms with E-state index in [2.05, 4.69) is 20.5 Å². The fourth-order valence-corrected chi connectivity index (χ4v) is 1.43. The molecule has 0 aliphatic carbocycles. The lowest BCUT2D eigenvalue weighted by atomic mass is 10.2. The van der Waals surface area contributed by atoms with Crippen LogP contribution in [0.3, 0.4) is 0 Å². The quantitative estimate of drug-likeness (QED) is 0.534. The fourth-order valence-electron chi connectivity index (χ4n) is 1.43. The van der Waals surface area contributed by atoms with Crippen LogP contribution in [-0.2, 0) is 17.8 Å². The molecule has 0 aliphatic rings. The number of nitrogens with one attached hydrogen (secondary N) is 4. The number of rotatable bonds is 4. The van der Waals surface area contributed by atoms with E-state index >= 15 is 0 Å². The predicted octanol–water partition coefficient (Wildman–Crippen LogP) is -1.35. The molecule has 8 heteroatoms.